The molecule has 0 aromatic heterocycles. The largest absolute Gasteiger partial charge is 0.508 e. The third-order valence-electron chi connectivity index (χ3n) is 2.92. The van der Waals surface area contributed by atoms with Gasteiger partial charge >= 0.3 is 0 Å². The Labute approximate surface area is 94.4 Å². The van der Waals surface area contributed by atoms with Crippen LogP contribution in [0.15, 0.2) is 18.2 Å². The fourth-order valence-corrected chi connectivity index (χ4v) is 2.18. The molecule has 1 fully saturated rings. The number of methoxy groups -OCH3 is 1. The lowest BCUT2D eigenvalue weighted by atomic mass is 10.1. The smallest absolute Gasteiger partial charge is 0.128 e. The lowest BCUT2D eigenvalue weighted by Gasteiger charge is -2.18. The van der Waals surface area contributed by atoms with Crippen LogP contribution in [0.1, 0.15) is 6.42 Å². The predicted octanol–water partition coefficient (Wildman–Crippen LogP) is 2.00. The van der Waals surface area contributed by atoms with Crippen molar-refractivity contribution < 1.29 is 14.2 Å². The Morgan fingerprint density at radius 1 is 1.50 bits per heavy atom. The maximum absolute atomic E-state index is 13.1. The molecule has 16 heavy (non-hydrogen) atoms. The highest BCUT2D eigenvalue weighted by atomic mass is 19.1. The number of hydrogen-bond donors (Lipinski definition) is 1. The van der Waals surface area contributed by atoms with E-state index in [0.29, 0.717) is 5.92 Å². The van der Waals surface area contributed by atoms with Gasteiger partial charge < -0.3 is 14.7 Å². The zero-order chi connectivity index (χ0) is 11.5. The molecular weight excluding hydrogens is 209 g/mol. The standard InChI is InChI=1S/C12H16FNO2/c1-16-8-9-2-3-14(7-9)11-4-10(13)5-12(15)6-11/h4-6,9,15H,2-3,7-8H2,1H3. The molecule has 0 amide bonds. The van der Waals surface area contributed by atoms with Crippen molar-refractivity contribution in [3.05, 3.63) is 24.0 Å². The van der Waals surface area contributed by atoms with Crippen LogP contribution in [0.2, 0.25) is 0 Å². The predicted molar refractivity (Wildman–Crippen MR) is 60.3 cm³/mol. The molecule has 1 unspecified atom stereocenters. The van der Waals surface area contributed by atoms with Crippen LogP contribution in [0.3, 0.4) is 0 Å². The summed E-state index contributed by atoms with van der Waals surface area (Å²) in [5.41, 5.74) is 0.746. The summed E-state index contributed by atoms with van der Waals surface area (Å²) in [6, 6.07) is 4.17. The number of ether oxygens (including phenoxy) is 1. The van der Waals surface area contributed by atoms with Crippen molar-refractivity contribution in [2.75, 3.05) is 31.7 Å². The molecule has 4 heteroatoms. The Morgan fingerprint density at radius 2 is 2.31 bits per heavy atom. The molecule has 1 N–H and O–H groups in total. The molecule has 1 aromatic carbocycles. The molecule has 2 rings (SSSR count). The second-order valence-corrected chi connectivity index (χ2v) is 4.22. The average molecular weight is 225 g/mol. The first-order valence-electron chi connectivity index (χ1n) is 5.42. The quantitative estimate of drug-likeness (QED) is 0.854. The summed E-state index contributed by atoms with van der Waals surface area (Å²) in [7, 11) is 1.69. The van der Waals surface area contributed by atoms with Gasteiger partial charge in [-0.1, -0.05) is 0 Å². The van der Waals surface area contributed by atoms with E-state index >= 15 is 0 Å². The van der Waals surface area contributed by atoms with E-state index in [1.807, 2.05) is 0 Å². The van der Waals surface area contributed by atoms with Crippen molar-refractivity contribution >= 4 is 5.69 Å². The zero-order valence-corrected chi connectivity index (χ0v) is 9.32. The van der Waals surface area contributed by atoms with E-state index in [9.17, 15) is 9.50 Å². The SMILES string of the molecule is COCC1CCN(c2cc(O)cc(F)c2)C1. The van der Waals surface area contributed by atoms with Gasteiger partial charge in [-0.15, -0.1) is 0 Å². The van der Waals surface area contributed by atoms with Gasteiger partial charge in [0.15, 0.2) is 0 Å². The molecule has 0 aliphatic carbocycles. The molecule has 88 valence electrons. The summed E-state index contributed by atoms with van der Waals surface area (Å²) in [4.78, 5) is 2.08. The minimum atomic E-state index is -0.398. The van der Waals surface area contributed by atoms with Crippen molar-refractivity contribution in [3.8, 4) is 5.75 Å². The van der Waals surface area contributed by atoms with E-state index in [4.69, 9.17) is 4.74 Å². The Kier molecular flexibility index (Phi) is 3.29. The normalized spacial score (nSPS) is 20.4. The fourth-order valence-electron chi connectivity index (χ4n) is 2.18. The summed E-state index contributed by atoms with van der Waals surface area (Å²) in [6.07, 6.45) is 1.05. The maximum atomic E-state index is 13.1. The van der Waals surface area contributed by atoms with Gasteiger partial charge in [-0.3, -0.25) is 0 Å². The van der Waals surface area contributed by atoms with E-state index in [1.54, 1.807) is 13.2 Å². The van der Waals surface area contributed by atoms with Crippen molar-refractivity contribution in [2.24, 2.45) is 5.92 Å². The highest BCUT2D eigenvalue weighted by molar-refractivity contribution is 5.51. The van der Waals surface area contributed by atoms with Crippen molar-refractivity contribution in [2.45, 2.75) is 6.42 Å². The molecule has 1 aliphatic heterocycles. The van der Waals surface area contributed by atoms with Gasteiger partial charge in [0.1, 0.15) is 11.6 Å². The molecule has 0 saturated carbocycles. The van der Waals surface area contributed by atoms with Crippen molar-refractivity contribution in [1.82, 2.24) is 0 Å². The number of rotatable bonds is 3. The second-order valence-electron chi connectivity index (χ2n) is 4.22. The second kappa shape index (κ2) is 4.70. The van der Waals surface area contributed by atoms with Gasteiger partial charge in [0.05, 0.1) is 6.61 Å². The van der Waals surface area contributed by atoms with Gasteiger partial charge in [0.25, 0.3) is 0 Å². The highest BCUT2D eigenvalue weighted by Crippen LogP contribution is 2.27. The van der Waals surface area contributed by atoms with Crippen LogP contribution >= 0.6 is 0 Å². The number of halogens is 1. The van der Waals surface area contributed by atoms with E-state index in [-0.39, 0.29) is 5.75 Å². The molecule has 0 spiro atoms. The van der Waals surface area contributed by atoms with Gasteiger partial charge in [-0.2, -0.15) is 0 Å². The van der Waals surface area contributed by atoms with Crippen molar-refractivity contribution in [3.63, 3.8) is 0 Å². The summed E-state index contributed by atoms with van der Waals surface area (Å²) in [5, 5.41) is 9.33. The lowest BCUT2D eigenvalue weighted by molar-refractivity contribution is 0.161. The molecule has 1 aromatic rings. The molecule has 3 nitrogen and oxygen atoms in total. The number of phenols is 1. The van der Waals surface area contributed by atoms with Crippen LogP contribution in [0.25, 0.3) is 0 Å². The fraction of sp³-hybridized carbons (Fsp3) is 0.500. The van der Waals surface area contributed by atoms with Gasteiger partial charge in [-0.05, 0) is 12.5 Å². The number of nitrogens with zero attached hydrogens (tertiary/aromatic N) is 1. The number of aromatic hydroxyl groups is 1. The first kappa shape index (κ1) is 11.2. The molecule has 1 atom stereocenters. The average Bonchev–Trinajstić information content (AvgIpc) is 2.65. The summed E-state index contributed by atoms with van der Waals surface area (Å²) >= 11 is 0. The lowest BCUT2D eigenvalue weighted by Crippen LogP contribution is -2.20. The number of phenolic OH excluding ortho intramolecular Hbond substituents is 1. The Bertz CT molecular complexity index is 350. The topological polar surface area (TPSA) is 32.7 Å². The molecule has 0 radical (unpaired) electrons. The van der Waals surface area contributed by atoms with Crippen LogP contribution in [-0.4, -0.2) is 31.9 Å². The minimum absolute atomic E-state index is 0.0230. The summed E-state index contributed by atoms with van der Waals surface area (Å²) < 4.78 is 18.2. The monoisotopic (exact) mass is 225 g/mol. The Morgan fingerprint density at radius 3 is 3.00 bits per heavy atom. The molecular formula is C12H16FNO2. The van der Waals surface area contributed by atoms with Crippen LogP contribution in [0.4, 0.5) is 10.1 Å². The number of anilines is 1. The third-order valence-corrected chi connectivity index (χ3v) is 2.92. The summed E-state index contributed by atoms with van der Waals surface area (Å²) in [5.74, 6) is 0.0748. The van der Waals surface area contributed by atoms with Crippen molar-refractivity contribution in [1.29, 1.82) is 0 Å². The van der Waals surface area contributed by atoms with Gasteiger partial charge in [0, 0.05) is 43.9 Å². The Balaban J connectivity index is 2.08. The number of benzene rings is 1. The highest BCUT2D eigenvalue weighted by Gasteiger charge is 2.23. The molecule has 1 aliphatic rings. The Hall–Kier alpha value is -1.29. The first-order chi connectivity index (χ1) is 7.69. The molecule has 0 bridgehead atoms. The van der Waals surface area contributed by atoms with E-state index in [2.05, 4.69) is 4.90 Å². The first-order valence-corrected chi connectivity index (χ1v) is 5.42. The third kappa shape index (κ3) is 2.44. The minimum Gasteiger partial charge on any atom is -0.508 e. The van der Waals surface area contributed by atoms with Crippen LogP contribution in [0, 0.1) is 11.7 Å². The molecule has 1 heterocycles. The zero-order valence-electron chi connectivity index (χ0n) is 9.32. The van der Waals surface area contributed by atoms with Crippen LogP contribution in [0.5, 0.6) is 5.75 Å². The number of hydrogen-bond acceptors (Lipinski definition) is 3. The van der Waals surface area contributed by atoms with Crippen LogP contribution < -0.4 is 4.90 Å². The van der Waals surface area contributed by atoms with E-state index in [0.717, 1.165) is 37.9 Å². The van der Waals surface area contributed by atoms with Crippen LogP contribution in [-0.2, 0) is 4.74 Å². The maximum Gasteiger partial charge on any atom is 0.128 e. The van der Waals surface area contributed by atoms with Gasteiger partial charge in [0.2, 0.25) is 0 Å². The van der Waals surface area contributed by atoms with Gasteiger partial charge in [-0.25, -0.2) is 4.39 Å². The summed E-state index contributed by atoms with van der Waals surface area (Å²) in [6.45, 7) is 2.48. The molecule has 1 saturated heterocycles. The van der Waals surface area contributed by atoms with E-state index in [1.165, 1.54) is 6.07 Å². The van der Waals surface area contributed by atoms with E-state index < -0.39 is 5.82 Å².